The van der Waals surface area contributed by atoms with E-state index in [2.05, 4.69) is 17.6 Å². The zero-order chi connectivity index (χ0) is 14.4. The molecular weight excluding hydrogens is 283 g/mol. The lowest BCUT2D eigenvalue weighted by atomic mass is 10.2. The van der Waals surface area contributed by atoms with E-state index in [-0.39, 0.29) is 18.0 Å². The van der Waals surface area contributed by atoms with Gasteiger partial charge in [-0.25, -0.2) is 0 Å². The van der Waals surface area contributed by atoms with E-state index < -0.39 is 0 Å². The van der Waals surface area contributed by atoms with Crippen molar-refractivity contribution in [2.45, 2.75) is 45.7 Å². The molecule has 1 aromatic carbocycles. The van der Waals surface area contributed by atoms with Gasteiger partial charge < -0.3 is 10.6 Å². The molecule has 0 radical (unpaired) electrons. The third-order valence-corrected chi connectivity index (χ3v) is 3.19. The van der Waals surface area contributed by atoms with Crippen LogP contribution in [0.1, 0.15) is 33.6 Å². The number of amides is 1. The molecule has 3 nitrogen and oxygen atoms in total. The van der Waals surface area contributed by atoms with E-state index in [0.29, 0.717) is 10.0 Å². The first-order valence-electron chi connectivity index (χ1n) is 6.45. The number of halogens is 2. The van der Waals surface area contributed by atoms with Crippen LogP contribution < -0.4 is 10.6 Å². The normalized spacial score (nSPS) is 13.7. The van der Waals surface area contributed by atoms with E-state index in [1.165, 1.54) is 0 Å². The molecule has 0 aliphatic carbocycles. The molecule has 0 saturated carbocycles. The highest BCUT2D eigenvalue weighted by molar-refractivity contribution is 6.35. The van der Waals surface area contributed by atoms with Gasteiger partial charge in [-0.15, -0.1) is 0 Å². The van der Waals surface area contributed by atoms with Gasteiger partial charge in [-0.05, 0) is 38.5 Å². The fourth-order valence-corrected chi connectivity index (χ4v) is 2.35. The first kappa shape index (κ1) is 16.1. The van der Waals surface area contributed by atoms with Crippen LogP contribution in [-0.2, 0) is 4.79 Å². The van der Waals surface area contributed by atoms with Crippen LogP contribution in [0.5, 0.6) is 0 Å². The van der Waals surface area contributed by atoms with E-state index >= 15 is 0 Å². The lowest BCUT2D eigenvalue weighted by Gasteiger charge is -2.19. The van der Waals surface area contributed by atoms with E-state index in [0.717, 1.165) is 18.5 Å². The topological polar surface area (TPSA) is 41.1 Å². The zero-order valence-electron chi connectivity index (χ0n) is 11.5. The van der Waals surface area contributed by atoms with E-state index in [1.807, 2.05) is 13.8 Å². The molecule has 2 unspecified atom stereocenters. The summed E-state index contributed by atoms with van der Waals surface area (Å²) in [6.45, 7) is 5.91. The lowest BCUT2D eigenvalue weighted by molar-refractivity contribution is -0.122. The Balaban J connectivity index is 2.58. The van der Waals surface area contributed by atoms with Crippen LogP contribution in [0.25, 0.3) is 0 Å². The monoisotopic (exact) mass is 302 g/mol. The molecule has 1 amide bonds. The summed E-state index contributed by atoms with van der Waals surface area (Å²) in [6.07, 6.45) is 2.02. The average Bonchev–Trinajstić information content (AvgIpc) is 2.27. The number of carbonyl (C=O) groups excluding carboxylic acids is 1. The smallest absolute Gasteiger partial charge is 0.242 e. The molecule has 0 aliphatic heterocycles. The molecule has 19 heavy (non-hydrogen) atoms. The fourth-order valence-electron chi connectivity index (χ4n) is 1.83. The summed E-state index contributed by atoms with van der Waals surface area (Å²) < 4.78 is 0. The summed E-state index contributed by atoms with van der Waals surface area (Å²) in [6, 6.07) is 4.99. The number of rotatable bonds is 6. The van der Waals surface area contributed by atoms with Crippen LogP contribution in [0.2, 0.25) is 10.0 Å². The van der Waals surface area contributed by atoms with Crippen LogP contribution in [-0.4, -0.2) is 18.0 Å². The number of anilines is 1. The van der Waals surface area contributed by atoms with Crippen molar-refractivity contribution in [1.29, 1.82) is 0 Å². The van der Waals surface area contributed by atoms with Crippen molar-refractivity contribution < 1.29 is 4.79 Å². The number of benzene rings is 1. The summed E-state index contributed by atoms with van der Waals surface area (Å²) in [4.78, 5) is 12.0. The first-order valence-corrected chi connectivity index (χ1v) is 7.21. The second kappa shape index (κ2) is 7.61. The van der Waals surface area contributed by atoms with E-state index in [4.69, 9.17) is 23.2 Å². The Labute approximate surface area is 124 Å². The Hall–Kier alpha value is -0.930. The Morgan fingerprint density at radius 2 is 1.79 bits per heavy atom. The van der Waals surface area contributed by atoms with Crippen molar-refractivity contribution in [3.8, 4) is 0 Å². The van der Waals surface area contributed by atoms with Crippen LogP contribution in [0.3, 0.4) is 0 Å². The van der Waals surface area contributed by atoms with Gasteiger partial charge in [0, 0.05) is 21.8 Å². The molecule has 0 heterocycles. The summed E-state index contributed by atoms with van der Waals surface area (Å²) >= 11 is 11.8. The molecule has 0 saturated heterocycles. The predicted octanol–water partition coefficient (Wildman–Crippen LogP) is 4.10. The molecule has 0 aromatic heterocycles. The standard InChI is InChI=1S/C14H20Cl2N2O/c1-4-5-9(2)17-14(19)10(3)18-13-7-11(15)6-12(16)8-13/h6-10,18H,4-5H2,1-3H3,(H,17,19). The predicted molar refractivity (Wildman–Crippen MR) is 82.1 cm³/mol. The largest absolute Gasteiger partial charge is 0.374 e. The molecule has 0 fully saturated rings. The number of hydrogen-bond acceptors (Lipinski definition) is 2. The second-order valence-corrected chi connectivity index (χ2v) is 5.60. The maximum Gasteiger partial charge on any atom is 0.242 e. The number of carbonyl (C=O) groups is 1. The minimum atomic E-state index is -0.339. The highest BCUT2D eigenvalue weighted by Gasteiger charge is 2.15. The highest BCUT2D eigenvalue weighted by atomic mass is 35.5. The lowest BCUT2D eigenvalue weighted by Crippen LogP contribution is -2.42. The molecule has 0 spiro atoms. The minimum absolute atomic E-state index is 0.0305. The van der Waals surface area contributed by atoms with Gasteiger partial charge in [0.2, 0.25) is 5.91 Å². The van der Waals surface area contributed by atoms with Gasteiger partial charge in [-0.1, -0.05) is 36.5 Å². The number of hydrogen-bond donors (Lipinski definition) is 2. The SMILES string of the molecule is CCCC(C)NC(=O)C(C)Nc1cc(Cl)cc(Cl)c1. The van der Waals surface area contributed by atoms with Gasteiger partial charge in [0.25, 0.3) is 0 Å². The van der Waals surface area contributed by atoms with Crippen LogP contribution in [0.15, 0.2) is 18.2 Å². The first-order chi connectivity index (χ1) is 8.92. The van der Waals surface area contributed by atoms with Gasteiger partial charge in [-0.3, -0.25) is 4.79 Å². The molecule has 0 aliphatic rings. The van der Waals surface area contributed by atoms with Crippen molar-refractivity contribution in [3.05, 3.63) is 28.2 Å². The maximum atomic E-state index is 12.0. The number of nitrogens with one attached hydrogen (secondary N) is 2. The van der Waals surface area contributed by atoms with Gasteiger partial charge in [0.05, 0.1) is 0 Å². The Kier molecular flexibility index (Phi) is 6.46. The van der Waals surface area contributed by atoms with Crippen molar-refractivity contribution in [2.24, 2.45) is 0 Å². The molecule has 1 aromatic rings. The van der Waals surface area contributed by atoms with E-state index in [9.17, 15) is 4.79 Å². The van der Waals surface area contributed by atoms with Crippen molar-refractivity contribution in [1.82, 2.24) is 5.32 Å². The molecule has 5 heteroatoms. The molecule has 2 atom stereocenters. The summed E-state index contributed by atoms with van der Waals surface area (Å²) in [7, 11) is 0. The van der Waals surface area contributed by atoms with Crippen LogP contribution in [0, 0.1) is 0 Å². The summed E-state index contributed by atoms with van der Waals surface area (Å²) in [5.74, 6) is -0.0305. The minimum Gasteiger partial charge on any atom is -0.374 e. The van der Waals surface area contributed by atoms with Gasteiger partial charge in [-0.2, -0.15) is 0 Å². The molecule has 2 N–H and O–H groups in total. The third-order valence-electron chi connectivity index (χ3n) is 2.75. The third kappa shape index (κ3) is 5.70. The zero-order valence-corrected chi connectivity index (χ0v) is 13.0. The second-order valence-electron chi connectivity index (χ2n) is 4.72. The molecule has 0 bridgehead atoms. The van der Waals surface area contributed by atoms with Gasteiger partial charge in [0.15, 0.2) is 0 Å². The van der Waals surface area contributed by atoms with Crippen LogP contribution >= 0.6 is 23.2 Å². The van der Waals surface area contributed by atoms with Crippen molar-refractivity contribution in [3.63, 3.8) is 0 Å². The van der Waals surface area contributed by atoms with Crippen LogP contribution in [0.4, 0.5) is 5.69 Å². The Bertz CT molecular complexity index is 417. The molecular formula is C14H20Cl2N2O. The summed E-state index contributed by atoms with van der Waals surface area (Å²) in [5, 5.41) is 7.14. The molecule has 1 rings (SSSR count). The molecule has 106 valence electrons. The van der Waals surface area contributed by atoms with E-state index in [1.54, 1.807) is 18.2 Å². The van der Waals surface area contributed by atoms with Crippen molar-refractivity contribution in [2.75, 3.05) is 5.32 Å². The fraction of sp³-hybridized carbons (Fsp3) is 0.500. The maximum absolute atomic E-state index is 12.0. The quantitative estimate of drug-likeness (QED) is 0.830. The van der Waals surface area contributed by atoms with Crippen molar-refractivity contribution >= 4 is 34.8 Å². The van der Waals surface area contributed by atoms with Gasteiger partial charge in [0.1, 0.15) is 6.04 Å². The summed E-state index contributed by atoms with van der Waals surface area (Å²) in [5.41, 5.74) is 0.739. The average molecular weight is 303 g/mol. The highest BCUT2D eigenvalue weighted by Crippen LogP contribution is 2.22. The Morgan fingerprint density at radius 3 is 2.32 bits per heavy atom. The van der Waals surface area contributed by atoms with Gasteiger partial charge >= 0.3 is 0 Å². The Morgan fingerprint density at radius 1 is 1.21 bits per heavy atom.